The van der Waals surface area contributed by atoms with Crippen molar-refractivity contribution in [3.8, 4) is 0 Å². The number of rotatable bonds is 7. The second-order valence-electron chi connectivity index (χ2n) is 6.71. The Kier molecular flexibility index (Phi) is 5.44. The lowest BCUT2D eigenvalue weighted by Crippen LogP contribution is -2.51. The van der Waals surface area contributed by atoms with Gasteiger partial charge in [-0.3, -0.25) is 4.79 Å². The summed E-state index contributed by atoms with van der Waals surface area (Å²) in [6, 6.07) is 0.720. The molecule has 2 atom stereocenters. The van der Waals surface area contributed by atoms with Crippen LogP contribution in [0, 0.1) is 5.92 Å². The molecule has 2 fully saturated rings. The van der Waals surface area contributed by atoms with Crippen LogP contribution < -0.4 is 5.32 Å². The molecule has 1 saturated carbocycles. The van der Waals surface area contributed by atoms with Crippen molar-refractivity contribution >= 4 is 5.97 Å². The van der Waals surface area contributed by atoms with E-state index in [0.717, 1.165) is 25.0 Å². The van der Waals surface area contributed by atoms with Crippen LogP contribution in [0.4, 0.5) is 0 Å². The molecule has 0 spiro atoms. The van der Waals surface area contributed by atoms with Gasteiger partial charge >= 0.3 is 5.97 Å². The number of hydrogen-bond acceptors (Lipinski definition) is 3. The van der Waals surface area contributed by atoms with E-state index < -0.39 is 11.5 Å². The van der Waals surface area contributed by atoms with E-state index in [1.165, 1.54) is 38.5 Å². The van der Waals surface area contributed by atoms with Crippen LogP contribution in [0.15, 0.2) is 0 Å². The molecule has 4 heteroatoms. The molecule has 0 radical (unpaired) electrons. The smallest absolute Gasteiger partial charge is 0.323 e. The molecule has 20 heavy (non-hydrogen) atoms. The summed E-state index contributed by atoms with van der Waals surface area (Å²) in [5.41, 5.74) is -0.780. The molecule has 2 aliphatic rings. The van der Waals surface area contributed by atoms with Crippen molar-refractivity contribution in [2.24, 2.45) is 5.92 Å². The van der Waals surface area contributed by atoms with E-state index in [0.29, 0.717) is 13.0 Å². The van der Waals surface area contributed by atoms with Gasteiger partial charge in [-0.1, -0.05) is 19.8 Å². The SMILES string of the molecule is CCNC(C)(CCN1CCCC1C1CCCC1)C(=O)O. The van der Waals surface area contributed by atoms with Gasteiger partial charge in [-0.15, -0.1) is 0 Å². The molecule has 0 aromatic rings. The maximum absolute atomic E-state index is 11.5. The van der Waals surface area contributed by atoms with E-state index in [9.17, 15) is 9.90 Å². The van der Waals surface area contributed by atoms with Crippen LogP contribution in [0.5, 0.6) is 0 Å². The van der Waals surface area contributed by atoms with Crippen LogP contribution in [-0.2, 0) is 4.79 Å². The summed E-state index contributed by atoms with van der Waals surface area (Å²) in [7, 11) is 0. The van der Waals surface area contributed by atoms with E-state index in [-0.39, 0.29) is 0 Å². The minimum absolute atomic E-state index is 0.694. The molecular weight excluding hydrogens is 252 g/mol. The number of likely N-dealkylation sites (tertiary alicyclic amines) is 1. The van der Waals surface area contributed by atoms with E-state index in [1.807, 2.05) is 13.8 Å². The highest BCUT2D eigenvalue weighted by atomic mass is 16.4. The largest absolute Gasteiger partial charge is 0.480 e. The predicted octanol–water partition coefficient (Wildman–Crippen LogP) is 2.48. The highest BCUT2D eigenvalue weighted by molar-refractivity contribution is 5.78. The first kappa shape index (κ1) is 15.8. The first-order chi connectivity index (χ1) is 9.57. The Hall–Kier alpha value is -0.610. The fraction of sp³-hybridized carbons (Fsp3) is 0.938. The summed E-state index contributed by atoms with van der Waals surface area (Å²) in [4.78, 5) is 14.0. The predicted molar refractivity (Wildman–Crippen MR) is 80.9 cm³/mol. The number of carbonyl (C=O) groups is 1. The van der Waals surface area contributed by atoms with Crippen molar-refractivity contribution in [3.63, 3.8) is 0 Å². The molecule has 0 aromatic carbocycles. The van der Waals surface area contributed by atoms with Gasteiger partial charge in [-0.2, -0.15) is 0 Å². The molecule has 0 bridgehead atoms. The third kappa shape index (κ3) is 3.53. The standard InChI is InChI=1S/C16H30N2O2/c1-3-17-16(2,15(19)20)10-12-18-11-6-9-14(18)13-7-4-5-8-13/h13-14,17H,3-12H2,1-2H3,(H,19,20). The minimum Gasteiger partial charge on any atom is -0.480 e. The number of carboxylic acids is 1. The number of nitrogens with one attached hydrogen (secondary N) is 1. The van der Waals surface area contributed by atoms with Crippen molar-refractivity contribution in [2.75, 3.05) is 19.6 Å². The molecule has 1 aliphatic carbocycles. The second-order valence-corrected chi connectivity index (χ2v) is 6.71. The maximum Gasteiger partial charge on any atom is 0.323 e. The molecule has 4 nitrogen and oxygen atoms in total. The zero-order valence-corrected chi connectivity index (χ0v) is 13.0. The van der Waals surface area contributed by atoms with Crippen LogP contribution in [0.1, 0.15) is 58.8 Å². The van der Waals surface area contributed by atoms with Crippen molar-refractivity contribution in [3.05, 3.63) is 0 Å². The summed E-state index contributed by atoms with van der Waals surface area (Å²) < 4.78 is 0. The van der Waals surface area contributed by atoms with E-state index >= 15 is 0 Å². The Balaban J connectivity index is 1.89. The fourth-order valence-corrected chi connectivity index (χ4v) is 4.03. The molecular formula is C16H30N2O2. The van der Waals surface area contributed by atoms with Gasteiger partial charge in [0.2, 0.25) is 0 Å². The van der Waals surface area contributed by atoms with Crippen LogP contribution in [0.3, 0.4) is 0 Å². The normalized spacial score (nSPS) is 27.8. The summed E-state index contributed by atoms with van der Waals surface area (Å²) >= 11 is 0. The molecule has 2 N–H and O–H groups in total. The van der Waals surface area contributed by atoms with Crippen LogP contribution >= 0.6 is 0 Å². The molecule has 1 saturated heterocycles. The Morgan fingerprint density at radius 2 is 2.00 bits per heavy atom. The number of likely N-dealkylation sites (N-methyl/N-ethyl adjacent to an activating group) is 1. The Bertz CT molecular complexity index is 328. The molecule has 0 amide bonds. The van der Waals surface area contributed by atoms with Gasteiger partial charge in [-0.05, 0) is 58.0 Å². The monoisotopic (exact) mass is 282 g/mol. The quantitative estimate of drug-likeness (QED) is 0.753. The molecule has 116 valence electrons. The zero-order chi connectivity index (χ0) is 14.6. The molecule has 0 aromatic heterocycles. The van der Waals surface area contributed by atoms with Gasteiger partial charge in [0.25, 0.3) is 0 Å². The lowest BCUT2D eigenvalue weighted by molar-refractivity contribution is -0.144. The van der Waals surface area contributed by atoms with Crippen molar-refractivity contribution in [1.82, 2.24) is 10.2 Å². The number of hydrogen-bond donors (Lipinski definition) is 2. The van der Waals surface area contributed by atoms with Crippen molar-refractivity contribution < 1.29 is 9.90 Å². The average molecular weight is 282 g/mol. The molecule has 2 rings (SSSR count). The third-order valence-electron chi connectivity index (χ3n) is 5.30. The van der Waals surface area contributed by atoms with Crippen LogP contribution in [0.2, 0.25) is 0 Å². The molecule has 2 unspecified atom stereocenters. The van der Waals surface area contributed by atoms with Crippen molar-refractivity contribution in [1.29, 1.82) is 0 Å². The summed E-state index contributed by atoms with van der Waals surface area (Å²) in [5, 5.41) is 12.6. The first-order valence-corrected chi connectivity index (χ1v) is 8.29. The fourth-order valence-electron chi connectivity index (χ4n) is 4.03. The van der Waals surface area contributed by atoms with E-state index in [4.69, 9.17) is 0 Å². The van der Waals surface area contributed by atoms with E-state index in [1.54, 1.807) is 0 Å². The summed E-state index contributed by atoms with van der Waals surface area (Å²) in [5.74, 6) is 0.142. The number of aliphatic carboxylic acids is 1. The summed E-state index contributed by atoms with van der Waals surface area (Å²) in [6.07, 6.45) is 8.83. The van der Waals surface area contributed by atoms with Crippen LogP contribution in [0.25, 0.3) is 0 Å². The van der Waals surface area contributed by atoms with Gasteiger partial charge in [0.15, 0.2) is 0 Å². The summed E-state index contributed by atoms with van der Waals surface area (Å²) in [6.45, 7) is 6.56. The van der Waals surface area contributed by atoms with E-state index in [2.05, 4.69) is 10.2 Å². The Morgan fingerprint density at radius 3 is 2.60 bits per heavy atom. The average Bonchev–Trinajstić information content (AvgIpc) is 3.07. The minimum atomic E-state index is -0.780. The molecule has 1 aliphatic heterocycles. The zero-order valence-electron chi connectivity index (χ0n) is 13.0. The number of carboxylic acid groups (broad SMARTS) is 1. The van der Waals surface area contributed by atoms with Gasteiger partial charge in [0.05, 0.1) is 0 Å². The maximum atomic E-state index is 11.5. The van der Waals surface area contributed by atoms with Gasteiger partial charge in [0, 0.05) is 12.6 Å². The lowest BCUT2D eigenvalue weighted by atomic mass is 9.94. The van der Waals surface area contributed by atoms with Gasteiger partial charge < -0.3 is 15.3 Å². The topological polar surface area (TPSA) is 52.6 Å². The Labute approximate surface area is 122 Å². The highest BCUT2D eigenvalue weighted by Gasteiger charge is 2.36. The van der Waals surface area contributed by atoms with Gasteiger partial charge in [-0.25, -0.2) is 0 Å². The van der Waals surface area contributed by atoms with Crippen LogP contribution in [-0.4, -0.2) is 47.2 Å². The third-order valence-corrected chi connectivity index (χ3v) is 5.30. The number of nitrogens with zero attached hydrogens (tertiary/aromatic N) is 1. The Morgan fingerprint density at radius 1 is 1.30 bits per heavy atom. The first-order valence-electron chi connectivity index (χ1n) is 8.29. The second kappa shape index (κ2) is 6.90. The van der Waals surface area contributed by atoms with Crippen molar-refractivity contribution in [2.45, 2.75) is 70.4 Å². The lowest BCUT2D eigenvalue weighted by Gasteiger charge is -2.33. The van der Waals surface area contributed by atoms with Gasteiger partial charge in [0.1, 0.15) is 5.54 Å². The molecule has 1 heterocycles. The highest BCUT2D eigenvalue weighted by Crippen LogP contribution is 2.35.